The molecule has 2 aromatic rings. The standard InChI is InChI=1S/C18H24ClN3O2S/c1-4-9-25(23,24)22-12-14(2)18-15(10-16(19)11-17(18)22)13-21-7-5-20(3)6-8-21/h4,10-12H,1,5-9,13H2,2-3H3. The Balaban J connectivity index is 2.05. The van der Waals surface area contributed by atoms with E-state index in [1.165, 1.54) is 10.0 Å². The third-order valence-corrected chi connectivity index (χ3v) is 6.50. The quantitative estimate of drug-likeness (QED) is 0.747. The van der Waals surface area contributed by atoms with Crippen molar-refractivity contribution in [2.75, 3.05) is 39.0 Å². The maximum atomic E-state index is 12.5. The van der Waals surface area contributed by atoms with Crippen LogP contribution in [0.4, 0.5) is 0 Å². The summed E-state index contributed by atoms with van der Waals surface area (Å²) in [7, 11) is -1.34. The maximum Gasteiger partial charge on any atom is 0.242 e. The first kappa shape index (κ1) is 18.5. The van der Waals surface area contributed by atoms with Gasteiger partial charge in [-0.05, 0) is 37.2 Å². The van der Waals surface area contributed by atoms with E-state index in [1.54, 1.807) is 12.3 Å². The third-order valence-electron chi connectivity index (χ3n) is 4.72. The lowest BCUT2D eigenvalue weighted by Crippen LogP contribution is -2.43. The predicted octanol–water partition coefficient (Wildman–Crippen LogP) is 2.71. The minimum absolute atomic E-state index is 0.101. The van der Waals surface area contributed by atoms with E-state index in [0.29, 0.717) is 10.5 Å². The molecule has 0 N–H and O–H groups in total. The van der Waals surface area contributed by atoms with Crippen molar-refractivity contribution in [3.05, 3.63) is 47.1 Å². The molecule has 7 heteroatoms. The lowest BCUT2D eigenvalue weighted by atomic mass is 10.1. The molecular formula is C18H24ClN3O2S. The molecule has 1 aromatic carbocycles. The first-order valence-electron chi connectivity index (χ1n) is 8.37. The zero-order valence-electron chi connectivity index (χ0n) is 14.7. The largest absolute Gasteiger partial charge is 0.304 e. The first-order chi connectivity index (χ1) is 11.8. The van der Waals surface area contributed by atoms with Gasteiger partial charge in [0.1, 0.15) is 0 Å². The zero-order valence-corrected chi connectivity index (χ0v) is 16.3. The van der Waals surface area contributed by atoms with Crippen molar-refractivity contribution in [3.63, 3.8) is 0 Å². The Morgan fingerprint density at radius 3 is 2.56 bits per heavy atom. The Morgan fingerprint density at radius 1 is 1.24 bits per heavy atom. The highest BCUT2D eigenvalue weighted by Crippen LogP contribution is 2.31. The molecule has 1 aliphatic rings. The molecule has 1 saturated heterocycles. The molecule has 0 atom stereocenters. The van der Waals surface area contributed by atoms with Crippen LogP contribution in [0.25, 0.3) is 10.9 Å². The van der Waals surface area contributed by atoms with E-state index >= 15 is 0 Å². The average molecular weight is 382 g/mol. The number of benzene rings is 1. The summed E-state index contributed by atoms with van der Waals surface area (Å²) in [5.41, 5.74) is 2.68. The zero-order chi connectivity index (χ0) is 18.2. The number of piperazine rings is 1. The number of likely N-dealkylation sites (N-methyl/N-ethyl adjacent to an activating group) is 1. The molecule has 1 fully saturated rings. The SMILES string of the molecule is C=CCS(=O)(=O)n1cc(C)c2c(CN3CCN(C)CC3)cc(Cl)cc21. The number of hydrogen-bond donors (Lipinski definition) is 0. The van der Waals surface area contributed by atoms with E-state index in [-0.39, 0.29) is 5.75 Å². The Morgan fingerprint density at radius 2 is 1.92 bits per heavy atom. The van der Waals surface area contributed by atoms with Crippen LogP contribution >= 0.6 is 11.6 Å². The van der Waals surface area contributed by atoms with Crippen molar-refractivity contribution in [3.8, 4) is 0 Å². The van der Waals surface area contributed by atoms with Gasteiger partial charge in [-0.3, -0.25) is 4.90 Å². The van der Waals surface area contributed by atoms with Crippen LogP contribution in [-0.2, 0) is 16.6 Å². The molecule has 0 radical (unpaired) electrons. The molecule has 1 aliphatic heterocycles. The molecule has 136 valence electrons. The van der Waals surface area contributed by atoms with Gasteiger partial charge >= 0.3 is 0 Å². The summed E-state index contributed by atoms with van der Waals surface area (Å²) in [6, 6.07) is 3.69. The van der Waals surface area contributed by atoms with Gasteiger partial charge in [0.2, 0.25) is 10.0 Å². The number of nitrogens with zero attached hydrogens (tertiary/aromatic N) is 3. The summed E-state index contributed by atoms with van der Waals surface area (Å²) in [4.78, 5) is 4.70. The molecule has 0 saturated carbocycles. The number of halogens is 1. The van der Waals surface area contributed by atoms with Crippen LogP contribution in [0.5, 0.6) is 0 Å². The number of hydrogen-bond acceptors (Lipinski definition) is 4. The van der Waals surface area contributed by atoms with Gasteiger partial charge in [0.25, 0.3) is 0 Å². The second-order valence-electron chi connectivity index (χ2n) is 6.71. The van der Waals surface area contributed by atoms with E-state index in [0.717, 1.165) is 49.2 Å². The lowest BCUT2D eigenvalue weighted by molar-refractivity contribution is 0.148. The fourth-order valence-electron chi connectivity index (χ4n) is 3.42. The van der Waals surface area contributed by atoms with Gasteiger partial charge in [-0.2, -0.15) is 0 Å². The average Bonchev–Trinajstić information content (AvgIpc) is 2.87. The van der Waals surface area contributed by atoms with E-state index < -0.39 is 10.0 Å². The van der Waals surface area contributed by atoms with E-state index in [2.05, 4.69) is 23.4 Å². The first-order valence-corrected chi connectivity index (χ1v) is 10.4. The summed E-state index contributed by atoms with van der Waals surface area (Å²) in [6.07, 6.45) is 3.10. The second kappa shape index (κ2) is 7.11. The maximum absolute atomic E-state index is 12.5. The number of fused-ring (bicyclic) bond motifs is 1. The monoisotopic (exact) mass is 381 g/mol. The van der Waals surface area contributed by atoms with Gasteiger partial charge < -0.3 is 4.90 Å². The molecule has 0 spiro atoms. The van der Waals surface area contributed by atoms with E-state index in [4.69, 9.17) is 11.6 Å². The van der Waals surface area contributed by atoms with Crippen molar-refractivity contribution in [2.45, 2.75) is 13.5 Å². The van der Waals surface area contributed by atoms with Crippen molar-refractivity contribution in [1.29, 1.82) is 0 Å². The summed E-state index contributed by atoms with van der Waals surface area (Å²) in [6.45, 7) is 10.3. The summed E-state index contributed by atoms with van der Waals surface area (Å²) >= 11 is 6.32. The normalized spacial score (nSPS) is 17.2. The Kier molecular flexibility index (Phi) is 5.25. The van der Waals surface area contributed by atoms with Gasteiger partial charge in [-0.1, -0.05) is 17.7 Å². The van der Waals surface area contributed by atoms with Crippen LogP contribution in [-0.4, -0.2) is 61.2 Å². The van der Waals surface area contributed by atoms with Crippen molar-refractivity contribution in [2.24, 2.45) is 0 Å². The van der Waals surface area contributed by atoms with Crippen molar-refractivity contribution >= 4 is 32.5 Å². The highest BCUT2D eigenvalue weighted by molar-refractivity contribution is 7.90. The second-order valence-corrected chi connectivity index (χ2v) is 9.04. The van der Waals surface area contributed by atoms with Gasteiger partial charge in [0, 0.05) is 49.3 Å². The van der Waals surface area contributed by atoms with Crippen LogP contribution < -0.4 is 0 Å². The Hall–Kier alpha value is -1.34. The topological polar surface area (TPSA) is 45.6 Å². The molecule has 25 heavy (non-hydrogen) atoms. The molecule has 0 amide bonds. The van der Waals surface area contributed by atoms with Crippen LogP contribution in [0.3, 0.4) is 0 Å². The van der Waals surface area contributed by atoms with Gasteiger partial charge in [0.15, 0.2) is 0 Å². The molecule has 3 rings (SSSR count). The Bertz CT molecular complexity index is 897. The van der Waals surface area contributed by atoms with Crippen LogP contribution in [0.1, 0.15) is 11.1 Å². The molecule has 2 heterocycles. The van der Waals surface area contributed by atoms with Gasteiger partial charge in [-0.15, -0.1) is 6.58 Å². The number of rotatable bonds is 5. The van der Waals surface area contributed by atoms with E-state index in [1.807, 2.05) is 13.0 Å². The molecule has 0 unspecified atom stereocenters. The van der Waals surface area contributed by atoms with E-state index in [9.17, 15) is 8.42 Å². The Labute approximate surface area is 154 Å². The molecule has 1 aromatic heterocycles. The van der Waals surface area contributed by atoms with Gasteiger partial charge in [-0.25, -0.2) is 12.4 Å². The minimum atomic E-state index is -3.47. The molecule has 0 aliphatic carbocycles. The smallest absolute Gasteiger partial charge is 0.242 e. The van der Waals surface area contributed by atoms with Crippen LogP contribution in [0.15, 0.2) is 31.0 Å². The summed E-state index contributed by atoms with van der Waals surface area (Å²) in [5, 5.41) is 1.54. The minimum Gasteiger partial charge on any atom is -0.304 e. The molecule has 5 nitrogen and oxygen atoms in total. The highest BCUT2D eigenvalue weighted by atomic mass is 35.5. The molecular weight excluding hydrogens is 358 g/mol. The van der Waals surface area contributed by atoms with Crippen molar-refractivity contribution < 1.29 is 8.42 Å². The van der Waals surface area contributed by atoms with Crippen molar-refractivity contribution in [1.82, 2.24) is 13.8 Å². The number of aromatic nitrogens is 1. The lowest BCUT2D eigenvalue weighted by Gasteiger charge is -2.32. The predicted molar refractivity (Wildman–Crippen MR) is 104 cm³/mol. The van der Waals surface area contributed by atoms with Crippen LogP contribution in [0, 0.1) is 6.92 Å². The third kappa shape index (κ3) is 3.77. The molecule has 0 bridgehead atoms. The summed E-state index contributed by atoms with van der Waals surface area (Å²) in [5.74, 6) is -0.101. The summed E-state index contributed by atoms with van der Waals surface area (Å²) < 4.78 is 26.4. The van der Waals surface area contributed by atoms with Crippen LogP contribution in [0.2, 0.25) is 5.02 Å². The number of aryl methyl sites for hydroxylation is 1. The fourth-order valence-corrected chi connectivity index (χ4v) is 4.87. The van der Waals surface area contributed by atoms with Gasteiger partial charge in [0.05, 0.1) is 11.3 Å². The fraction of sp³-hybridized carbons (Fsp3) is 0.444. The highest BCUT2D eigenvalue weighted by Gasteiger charge is 2.21.